The number of nitrogens with one attached hydrogen (secondary N) is 3. The van der Waals surface area contributed by atoms with Gasteiger partial charge in [-0.3, -0.25) is 0 Å². The number of fused-ring (bicyclic) bond motifs is 1. The van der Waals surface area contributed by atoms with Crippen molar-refractivity contribution in [3.05, 3.63) is 77.9 Å². The van der Waals surface area contributed by atoms with E-state index in [2.05, 4.69) is 32.7 Å². The number of carbonyl (C=O) groups is 1. The van der Waals surface area contributed by atoms with Crippen LogP contribution in [0.15, 0.2) is 65.2 Å². The van der Waals surface area contributed by atoms with Crippen LogP contribution < -0.4 is 10.6 Å². The largest absolute Gasteiger partial charge is 0.464 e. The van der Waals surface area contributed by atoms with Crippen molar-refractivity contribution in [2.24, 2.45) is 0 Å². The number of H-pyrrole nitrogens is 1. The van der Waals surface area contributed by atoms with Gasteiger partial charge in [0.1, 0.15) is 6.04 Å². The van der Waals surface area contributed by atoms with Gasteiger partial charge in [-0.05, 0) is 36.7 Å². The van der Waals surface area contributed by atoms with Gasteiger partial charge >= 0.3 is 5.97 Å². The molecule has 0 unspecified atom stereocenters. The summed E-state index contributed by atoms with van der Waals surface area (Å²) in [6.07, 6.45) is 8.34. The summed E-state index contributed by atoms with van der Waals surface area (Å²) < 4.78 is 11.4. The fourth-order valence-electron chi connectivity index (χ4n) is 4.84. The van der Waals surface area contributed by atoms with Crippen LogP contribution in [0.25, 0.3) is 22.2 Å². The number of para-hydroxylation sites is 1. The van der Waals surface area contributed by atoms with Crippen molar-refractivity contribution in [3.63, 3.8) is 0 Å². The van der Waals surface area contributed by atoms with Crippen LogP contribution in [0.2, 0.25) is 0 Å². The molecule has 5 rings (SSSR count). The number of hydrogen-bond donors (Lipinski definition) is 3. The molecule has 1 fully saturated rings. The summed E-state index contributed by atoms with van der Waals surface area (Å²) in [7, 11) is 1.35. The average Bonchev–Trinajstić information content (AvgIpc) is 3.54. The Morgan fingerprint density at radius 2 is 1.89 bits per heavy atom. The fraction of sp³-hybridized carbons (Fsp3) is 0.321. The van der Waals surface area contributed by atoms with Gasteiger partial charge in [0.05, 0.1) is 7.11 Å². The Labute approximate surface area is 215 Å². The molecule has 7 nitrogen and oxygen atoms in total. The van der Waals surface area contributed by atoms with Crippen LogP contribution in [0.4, 0.5) is 0 Å². The first-order valence-electron chi connectivity index (χ1n) is 12.4. The van der Waals surface area contributed by atoms with Crippen molar-refractivity contribution >= 4 is 34.2 Å². The van der Waals surface area contributed by atoms with Crippen LogP contribution in [0, 0.1) is 0 Å². The first-order chi connectivity index (χ1) is 17.6. The topological polar surface area (TPSA) is 92.2 Å². The molecule has 1 saturated carbocycles. The number of aromatic nitrogens is 2. The minimum absolute atomic E-state index is 0.142. The molecule has 4 aromatic rings. The normalized spacial score (nSPS) is 14.9. The molecule has 8 heteroatoms. The van der Waals surface area contributed by atoms with Gasteiger partial charge in [0.25, 0.3) is 0 Å². The SMILES string of the molecule is COC(=O)c1nc([C@H](Cc2ccccc2)NC(=S)NC2CCCCC2)oc1-c1c[nH]c2ccccc12. The first-order valence-corrected chi connectivity index (χ1v) is 12.8. The molecule has 0 saturated heterocycles. The molecule has 36 heavy (non-hydrogen) atoms. The molecule has 0 aliphatic heterocycles. The van der Waals surface area contributed by atoms with Crippen LogP contribution in [-0.4, -0.2) is 34.2 Å². The Morgan fingerprint density at radius 1 is 1.14 bits per heavy atom. The highest BCUT2D eigenvalue weighted by molar-refractivity contribution is 7.80. The molecule has 1 aliphatic rings. The van der Waals surface area contributed by atoms with E-state index in [-0.39, 0.29) is 11.7 Å². The van der Waals surface area contributed by atoms with E-state index in [1.54, 1.807) is 0 Å². The van der Waals surface area contributed by atoms with Crippen molar-refractivity contribution in [2.45, 2.75) is 50.6 Å². The monoisotopic (exact) mass is 502 g/mol. The van der Waals surface area contributed by atoms with Crippen molar-refractivity contribution in [2.75, 3.05) is 7.11 Å². The number of oxazole rings is 1. The van der Waals surface area contributed by atoms with Crippen molar-refractivity contribution in [1.29, 1.82) is 0 Å². The van der Waals surface area contributed by atoms with E-state index >= 15 is 0 Å². The lowest BCUT2D eigenvalue weighted by atomic mass is 9.96. The Bertz CT molecular complexity index is 1340. The molecule has 2 aromatic heterocycles. The van der Waals surface area contributed by atoms with E-state index in [1.165, 1.54) is 26.4 Å². The van der Waals surface area contributed by atoms with Crippen LogP contribution in [0.3, 0.4) is 0 Å². The molecule has 2 aromatic carbocycles. The van der Waals surface area contributed by atoms with Gasteiger partial charge in [0.15, 0.2) is 16.6 Å². The number of hydrogen-bond acceptors (Lipinski definition) is 5. The summed E-state index contributed by atoms with van der Waals surface area (Å²) in [5, 5.41) is 8.38. The number of esters is 1. The lowest BCUT2D eigenvalue weighted by Gasteiger charge is -2.26. The third kappa shape index (κ3) is 5.28. The highest BCUT2D eigenvalue weighted by Gasteiger charge is 2.29. The Kier molecular flexibility index (Phi) is 7.32. The van der Waals surface area contributed by atoms with Gasteiger partial charge in [-0.1, -0.05) is 67.8 Å². The zero-order chi connectivity index (χ0) is 24.9. The molecule has 186 valence electrons. The number of methoxy groups -OCH3 is 1. The summed E-state index contributed by atoms with van der Waals surface area (Å²) in [4.78, 5) is 20.6. The molecule has 0 amide bonds. The van der Waals surface area contributed by atoms with Crippen LogP contribution in [0.1, 0.15) is 60.1 Å². The Hall–Kier alpha value is -3.65. The maximum atomic E-state index is 12.7. The van der Waals surface area contributed by atoms with Gasteiger partial charge in [-0.15, -0.1) is 0 Å². The van der Waals surface area contributed by atoms with Gasteiger partial charge in [-0.25, -0.2) is 9.78 Å². The molecule has 1 aliphatic carbocycles. The number of rotatable bonds is 7. The second-order valence-corrected chi connectivity index (χ2v) is 9.57. The maximum Gasteiger partial charge on any atom is 0.360 e. The highest BCUT2D eigenvalue weighted by Crippen LogP contribution is 2.34. The minimum atomic E-state index is -0.549. The Balaban J connectivity index is 1.50. The lowest BCUT2D eigenvalue weighted by Crippen LogP contribution is -2.44. The van der Waals surface area contributed by atoms with E-state index in [4.69, 9.17) is 21.4 Å². The second kappa shape index (κ2) is 11.0. The minimum Gasteiger partial charge on any atom is -0.464 e. The second-order valence-electron chi connectivity index (χ2n) is 9.16. The Morgan fingerprint density at radius 3 is 2.67 bits per heavy atom. The van der Waals surface area contributed by atoms with Crippen LogP contribution in [-0.2, 0) is 11.2 Å². The smallest absolute Gasteiger partial charge is 0.360 e. The molecule has 0 radical (unpaired) electrons. The van der Waals surface area contributed by atoms with Crippen molar-refractivity contribution < 1.29 is 13.9 Å². The number of thiocarbonyl (C=S) groups is 1. The fourth-order valence-corrected chi connectivity index (χ4v) is 5.15. The summed E-state index contributed by atoms with van der Waals surface area (Å²) in [5.74, 6) is 0.208. The summed E-state index contributed by atoms with van der Waals surface area (Å²) in [5.41, 5.74) is 2.94. The quantitative estimate of drug-likeness (QED) is 0.221. The predicted molar refractivity (Wildman–Crippen MR) is 144 cm³/mol. The zero-order valence-corrected chi connectivity index (χ0v) is 21.1. The van der Waals surface area contributed by atoms with E-state index in [1.807, 2.05) is 48.7 Å². The van der Waals surface area contributed by atoms with Gasteiger partial charge in [-0.2, -0.15) is 0 Å². The van der Waals surface area contributed by atoms with Crippen LogP contribution >= 0.6 is 12.2 Å². The third-order valence-electron chi connectivity index (χ3n) is 6.68. The number of ether oxygens (including phenoxy) is 1. The van der Waals surface area contributed by atoms with Gasteiger partial charge in [0.2, 0.25) is 5.89 Å². The van der Waals surface area contributed by atoms with Gasteiger partial charge in [0, 0.05) is 35.1 Å². The molecule has 0 bridgehead atoms. The number of benzene rings is 2. The summed E-state index contributed by atoms with van der Waals surface area (Å²) in [6.45, 7) is 0. The lowest BCUT2D eigenvalue weighted by molar-refractivity contribution is 0.0595. The maximum absolute atomic E-state index is 12.7. The molecular weight excluding hydrogens is 472 g/mol. The van der Waals surface area contributed by atoms with E-state index in [0.717, 1.165) is 34.9 Å². The molecule has 1 atom stereocenters. The van der Waals surface area contributed by atoms with Crippen molar-refractivity contribution in [3.8, 4) is 11.3 Å². The van der Waals surface area contributed by atoms with Gasteiger partial charge < -0.3 is 24.8 Å². The number of nitrogens with zero attached hydrogens (tertiary/aromatic N) is 1. The van der Waals surface area contributed by atoms with E-state index in [9.17, 15) is 4.79 Å². The van der Waals surface area contributed by atoms with E-state index < -0.39 is 5.97 Å². The zero-order valence-electron chi connectivity index (χ0n) is 20.3. The first kappa shape index (κ1) is 24.1. The predicted octanol–water partition coefficient (Wildman–Crippen LogP) is 5.69. The summed E-state index contributed by atoms with van der Waals surface area (Å²) >= 11 is 5.70. The highest BCUT2D eigenvalue weighted by atomic mass is 32.1. The standard InChI is InChI=1S/C28H30N4O3S/c1-34-27(33)24-25(21-17-29-22-15-9-8-14-20(21)22)35-26(32-24)23(16-18-10-4-2-5-11-18)31-28(36)30-19-12-6-3-7-13-19/h2,4-5,8-11,14-15,17,19,23,29H,3,6-7,12-13,16H2,1H3,(H2,30,31,36)/t23-/m0/s1. The van der Waals surface area contributed by atoms with Crippen molar-refractivity contribution in [1.82, 2.24) is 20.6 Å². The number of aromatic amines is 1. The molecule has 0 spiro atoms. The average molecular weight is 503 g/mol. The third-order valence-corrected chi connectivity index (χ3v) is 6.92. The molecular formula is C28H30N4O3S. The van der Waals surface area contributed by atoms with E-state index in [0.29, 0.717) is 29.2 Å². The summed E-state index contributed by atoms with van der Waals surface area (Å²) in [6, 6.07) is 17.9. The molecule has 3 N–H and O–H groups in total. The van der Waals surface area contributed by atoms with Crippen LogP contribution in [0.5, 0.6) is 0 Å². The number of carbonyl (C=O) groups excluding carboxylic acids is 1. The molecule has 2 heterocycles.